The fourth-order valence-corrected chi connectivity index (χ4v) is 4.06. The highest BCUT2D eigenvalue weighted by Crippen LogP contribution is 2.24. The Hall–Kier alpha value is -0.140. The molecule has 1 aliphatic heterocycles. The van der Waals surface area contributed by atoms with Gasteiger partial charge in [0.05, 0.1) is 0 Å². The summed E-state index contributed by atoms with van der Waals surface area (Å²) < 4.78 is 1.15. The van der Waals surface area contributed by atoms with Crippen molar-refractivity contribution < 1.29 is 4.79 Å². The topological polar surface area (TPSA) is 58.4 Å². The van der Waals surface area contributed by atoms with Crippen molar-refractivity contribution in [3.63, 3.8) is 0 Å². The molecule has 1 unspecified atom stereocenters. The number of thiophene rings is 1. The highest BCUT2D eigenvalue weighted by molar-refractivity contribution is 9.10. The van der Waals surface area contributed by atoms with Crippen LogP contribution in [-0.2, 0) is 11.3 Å². The number of halogens is 2. The summed E-state index contributed by atoms with van der Waals surface area (Å²) in [6.45, 7) is 3.26. The summed E-state index contributed by atoms with van der Waals surface area (Å²) in [6, 6.07) is 2.63. The molecule has 0 aromatic carbocycles. The predicted octanol–water partition coefficient (Wildman–Crippen LogP) is 2.75. The molecule has 21 heavy (non-hydrogen) atoms. The monoisotopic (exact) mass is 395 g/mol. The fourth-order valence-electron chi connectivity index (χ4n) is 2.59. The summed E-state index contributed by atoms with van der Waals surface area (Å²) in [5.74, 6) is 0.0666. The van der Waals surface area contributed by atoms with Crippen LogP contribution in [0.15, 0.2) is 15.9 Å². The van der Waals surface area contributed by atoms with Crippen molar-refractivity contribution in [2.45, 2.75) is 38.3 Å². The van der Waals surface area contributed by atoms with Crippen molar-refractivity contribution >= 4 is 45.6 Å². The first-order chi connectivity index (χ1) is 9.69. The Morgan fingerprint density at radius 2 is 2.33 bits per heavy atom. The number of amides is 1. The molecule has 2 heterocycles. The van der Waals surface area contributed by atoms with E-state index < -0.39 is 0 Å². The van der Waals surface area contributed by atoms with Gasteiger partial charge in [0.15, 0.2) is 0 Å². The number of hydrogen-bond donors (Lipinski definition) is 2. The van der Waals surface area contributed by atoms with E-state index in [4.69, 9.17) is 5.73 Å². The molecule has 0 saturated carbocycles. The van der Waals surface area contributed by atoms with Crippen LogP contribution in [0.1, 0.15) is 30.6 Å². The van der Waals surface area contributed by atoms with Crippen molar-refractivity contribution in [1.82, 2.24) is 10.2 Å². The van der Waals surface area contributed by atoms with Gasteiger partial charge in [0.25, 0.3) is 0 Å². The number of rotatable bonds is 6. The van der Waals surface area contributed by atoms with Gasteiger partial charge in [-0.05, 0) is 41.4 Å². The first-order valence-electron chi connectivity index (χ1n) is 7.13. The molecule has 1 aromatic heterocycles. The minimum absolute atomic E-state index is 0. The summed E-state index contributed by atoms with van der Waals surface area (Å²) >= 11 is 5.29. The lowest BCUT2D eigenvalue weighted by molar-refractivity contribution is -0.121. The Morgan fingerprint density at radius 3 is 3.00 bits per heavy atom. The number of nitrogens with zero attached hydrogens (tertiary/aromatic N) is 1. The summed E-state index contributed by atoms with van der Waals surface area (Å²) in [7, 11) is 0. The largest absolute Gasteiger partial charge is 0.354 e. The normalized spacial score (nSPS) is 19.0. The lowest BCUT2D eigenvalue weighted by atomic mass is 10.0. The molecule has 0 spiro atoms. The molecule has 1 saturated heterocycles. The van der Waals surface area contributed by atoms with Gasteiger partial charge in [-0.15, -0.1) is 23.7 Å². The standard InChI is InChI=1S/C14H22BrN3OS.ClH/c15-11-7-13(20-10-11)9-18-6-2-1-3-12(18)8-17-14(19)4-5-16;/h7,10,12H,1-6,8-9,16H2,(H,17,19);1H. The second-order valence-corrected chi connectivity index (χ2v) is 7.11. The van der Waals surface area contributed by atoms with Crippen LogP contribution < -0.4 is 11.1 Å². The highest BCUT2D eigenvalue weighted by atomic mass is 79.9. The molecular weight excluding hydrogens is 374 g/mol. The molecule has 4 nitrogen and oxygen atoms in total. The van der Waals surface area contributed by atoms with Crippen LogP contribution in [0.3, 0.4) is 0 Å². The molecule has 1 aliphatic rings. The van der Waals surface area contributed by atoms with Crippen LogP contribution in [0.5, 0.6) is 0 Å². The SMILES string of the molecule is Cl.NCCC(=O)NCC1CCCCN1Cc1cc(Br)cs1. The predicted molar refractivity (Wildman–Crippen MR) is 94.0 cm³/mol. The Bertz CT molecular complexity index is 444. The number of piperidine rings is 1. The zero-order valence-corrected chi connectivity index (χ0v) is 15.2. The molecule has 1 amide bonds. The van der Waals surface area contributed by atoms with Gasteiger partial charge in [-0.1, -0.05) is 6.42 Å². The Labute approximate surface area is 145 Å². The van der Waals surface area contributed by atoms with Crippen LogP contribution in [0.4, 0.5) is 0 Å². The van der Waals surface area contributed by atoms with E-state index in [9.17, 15) is 4.79 Å². The summed E-state index contributed by atoms with van der Waals surface area (Å²) in [6.07, 6.45) is 4.09. The van der Waals surface area contributed by atoms with Gasteiger partial charge in [0.1, 0.15) is 0 Å². The van der Waals surface area contributed by atoms with E-state index in [1.54, 1.807) is 11.3 Å². The third kappa shape index (κ3) is 6.24. The maximum Gasteiger partial charge on any atom is 0.221 e. The minimum atomic E-state index is 0. The summed E-state index contributed by atoms with van der Waals surface area (Å²) in [4.78, 5) is 15.4. The number of hydrogen-bond acceptors (Lipinski definition) is 4. The molecular formula is C14H23BrClN3OS. The van der Waals surface area contributed by atoms with Crippen LogP contribution in [0.25, 0.3) is 0 Å². The first kappa shape index (κ1) is 18.9. The molecule has 0 aliphatic carbocycles. The Balaban J connectivity index is 0.00000220. The summed E-state index contributed by atoms with van der Waals surface area (Å²) in [5, 5.41) is 5.13. The van der Waals surface area contributed by atoms with E-state index in [-0.39, 0.29) is 18.3 Å². The average molecular weight is 397 g/mol. The number of nitrogens with two attached hydrogens (primary N) is 1. The van der Waals surface area contributed by atoms with Gasteiger partial charge in [-0.2, -0.15) is 0 Å². The molecule has 1 aromatic rings. The van der Waals surface area contributed by atoms with Crippen molar-refractivity contribution in [1.29, 1.82) is 0 Å². The van der Waals surface area contributed by atoms with Gasteiger partial charge in [-0.3, -0.25) is 9.69 Å². The fraction of sp³-hybridized carbons (Fsp3) is 0.643. The maximum atomic E-state index is 11.5. The lowest BCUT2D eigenvalue weighted by Crippen LogP contribution is -2.46. The van der Waals surface area contributed by atoms with Crippen LogP contribution in [-0.4, -0.2) is 36.5 Å². The molecule has 0 bridgehead atoms. The van der Waals surface area contributed by atoms with Gasteiger partial charge in [0.2, 0.25) is 5.91 Å². The number of carbonyl (C=O) groups is 1. The van der Waals surface area contributed by atoms with Crippen molar-refractivity contribution in [2.75, 3.05) is 19.6 Å². The zero-order chi connectivity index (χ0) is 14.4. The molecule has 120 valence electrons. The molecule has 0 radical (unpaired) electrons. The Kier molecular flexibility index (Phi) is 8.82. The number of likely N-dealkylation sites (tertiary alicyclic amines) is 1. The van der Waals surface area contributed by atoms with Crippen LogP contribution in [0, 0.1) is 0 Å². The minimum Gasteiger partial charge on any atom is -0.354 e. The van der Waals surface area contributed by atoms with Crippen molar-refractivity contribution in [3.05, 3.63) is 20.8 Å². The van der Waals surface area contributed by atoms with E-state index in [1.807, 2.05) is 0 Å². The Morgan fingerprint density at radius 1 is 1.52 bits per heavy atom. The van der Waals surface area contributed by atoms with E-state index >= 15 is 0 Å². The summed E-state index contributed by atoms with van der Waals surface area (Å²) in [5.41, 5.74) is 5.40. The smallest absolute Gasteiger partial charge is 0.221 e. The molecule has 7 heteroatoms. The van der Waals surface area contributed by atoms with Gasteiger partial charge >= 0.3 is 0 Å². The average Bonchev–Trinajstić information content (AvgIpc) is 2.83. The zero-order valence-electron chi connectivity index (χ0n) is 12.0. The van der Waals surface area contributed by atoms with Gasteiger partial charge in [0, 0.05) is 46.8 Å². The van der Waals surface area contributed by atoms with Gasteiger partial charge in [-0.25, -0.2) is 0 Å². The van der Waals surface area contributed by atoms with E-state index in [2.05, 4.69) is 37.6 Å². The highest BCUT2D eigenvalue weighted by Gasteiger charge is 2.23. The second kappa shape index (κ2) is 9.79. The van der Waals surface area contributed by atoms with E-state index in [0.717, 1.165) is 30.5 Å². The molecule has 3 N–H and O–H groups in total. The molecule has 1 atom stereocenters. The molecule has 2 rings (SSSR count). The van der Waals surface area contributed by atoms with Gasteiger partial charge < -0.3 is 11.1 Å². The van der Waals surface area contributed by atoms with Crippen LogP contribution >= 0.6 is 39.7 Å². The quantitative estimate of drug-likeness (QED) is 0.777. The second-order valence-electron chi connectivity index (χ2n) is 5.19. The van der Waals surface area contributed by atoms with Crippen molar-refractivity contribution in [3.8, 4) is 0 Å². The number of carbonyl (C=O) groups excluding carboxylic acids is 1. The third-order valence-electron chi connectivity index (χ3n) is 3.64. The lowest BCUT2D eigenvalue weighted by Gasteiger charge is -2.35. The van der Waals surface area contributed by atoms with E-state index in [1.165, 1.54) is 17.7 Å². The van der Waals surface area contributed by atoms with E-state index in [0.29, 0.717) is 19.0 Å². The molecule has 1 fully saturated rings. The maximum absolute atomic E-state index is 11.5. The first-order valence-corrected chi connectivity index (χ1v) is 8.80. The van der Waals surface area contributed by atoms with Crippen LogP contribution in [0.2, 0.25) is 0 Å². The number of nitrogens with one attached hydrogen (secondary N) is 1. The third-order valence-corrected chi connectivity index (χ3v) is 5.32. The van der Waals surface area contributed by atoms with Crippen molar-refractivity contribution in [2.24, 2.45) is 5.73 Å².